The Balaban J connectivity index is 1.61. The second-order valence-electron chi connectivity index (χ2n) is 6.51. The van der Waals surface area contributed by atoms with E-state index in [1.165, 1.54) is 42.6 Å². The van der Waals surface area contributed by atoms with Gasteiger partial charge in [-0.25, -0.2) is 13.4 Å². The molecule has 0 aliphatic heterocycles. The van der Waals surface area contributed by atoms with Crippen LogP contribution in [0.15, 0.2) is 53.4 Å². The number of carbonyl (C=O) groups is 1. The first-order chi connectivity index (χ1) is 14.2. The van der Waals surface area contributed by atoms with E-state index < -0.39 is 15.9 Å². The van der Waals surface area contributed by atoms with Gasteiger partial charge in [0, 0.05) is 27.5 Å². The van der Waals surface area contributed by atoms with Crippen molar-refractivity contribution in [3.8, 4) is 11.3 Å². The van der Waals surface area contributed by atoms with E-state index in [4.69, 9.17) is 23.2 Å². The second-order valence-corrected chi connectivity index (χ2v) is 10.7. The summed E-state index contributed by atoms with van der Waals surface area (Å²) in [4.78, 5) is 18.0. The molecule has 0 radical (unpaired) electrons. The highest BCUT2D eigenvalue weighted by molar-refractivity contribution is 7.89. The standard InChI is InChI=1S/C20H19Cl2N3O3S2/c1-13-20(14-3-5-15(21)6-4-14)24-19(29-13)11-23-18(26)12-25(2)30(27,28)17-9-7-16(22)8-10-17/h3-10H,11-12H2,1-2H3,(H,23,26). The number of aryl methyl sites for hydroxylation is 1. The molecule has 1 aromatic heterocycles. The maximum atomic E-state index is 12.6. The minimum atomic E-state index is -3.79. The van der Waals surface area contributed by atoms with E-state index in [-0.39, 0.29) is 18.0 Å². The fourth-order valence-electron chi connectivity index (χ4n) is 2.71. The molecule has 3 aromatic rings. The van der Waals surface area contributed by atoms with Crippen LogP contribution in [-0.4, -0.2) is 37.2 Å². The Morgan fingerprint density at radius 2 is 1.63 bits per heavy atom. The van der Waals surface area contributed by atoms with E-state index in [1.54, 1.807) is 12.1 Å². The SMILES string of the molecule is Cc1sc(CNC(=O)CN(C)S(=O)(=O)c2ccc(Cl)cc2)nc1-c1ccc(Cl)cc1. The third kappa shape index (κ3) is 5.39. The van der Waals surface area contributed by atoms with E-state index in [1.807, 2.05) is 19.1 Å². The number of nitrogens with zero attached hydrogens (tertiary/aromatic N) is 2. The molecule has 0 atom stereocenters. The summed E-state index contributed by atoms with van der Waals surface area (Å²) in [5, 5.41) is 4.54. The Morgan fingerprint density at radius 3 is 2.23 bits per heavy atom. The third-order valence-electron chi connectivity index (χ3n) is 4.28. The number of benzene rings is 2. The summed E-state index contributed by atoms with van der Waals surface area (Å²) in [6.07, 6.45) is 0. The third-order valence-corrected chi connectivity index (χ3v) is 7.58. The minimum absolute atomic E-state index is 0.0744. The first-order valence-corrected chi connectivity index (χ1v) is 11.9. The van der Waals surface area contributed by atoms with Crippen LogP contribution in [0, 0.1) is 6.92 Å². The molecule has 0 saturated heterocycles. The minimum Gasteiger partial charge on any atom is -0.348 e. The second kappa shape index (κ2) is 9.45. The van der Waals surface area contributed by atoms with E-state index in [2.05, 4.69) is 10.3 Å². The lowest BCUT2D eigenvalue weighted by Crippen LogP contribution is -2.38. The Hall–Kier alpha value is -1.97. The van der Waals surface area contributed by atoms with Crippen LogP contribution < -0.4 is 5.32 Å². The maximum absolute atomic E-state index is 12.6. The molecule has 1 amide bonds. The van der Waals surface area contributed by atoms with Crippen molar-refractivity contribution in [2.24, 2.45) is 0 Å². The number of nitrogens with one attached hydrogen (secondary N) is 1. The van der Waals surface area contributed by atoms with Crippen LogP contribution in [0.5, 0.6) is 0 Å². The Bertz CT molecular complexity index is 1150. The molecule has 1 heterocycles. The van der Waals surface area contributed by atoms with E-state index in [9.17, 15) is 13.2 Å². The van der Waals surface area contributed by atoms with Crippen molar-refractivity contribution in [2.75, 3.05) is 13.6 Å². The quantitative estimate of drug-likeness (QED) is 0.541. The molecule has 0 bridgehead atoms. The summed E-state index contributed by atoms with van der Waals surface area (Å²) >= 11 is 13.2. The number of hydrogen-bond acceptors (Lipinski definition) is 5. The Kier molecular flexibility index (Phi) is 7.15. The summed E-state index contributed by atoms with van der Waals surface area (Å²) in [6.45, 7) is 1.87. The number of likely N-dealkylation sites (N-methyl/N-ethyl adjacent to an activating group) is 1. The van der Waals surface area contributed by atoms with Crippen LogP contribution in [-0.2, 0) is 21.4 Å². The van der Waals surface area contributed by atoms with Gasteiger partial charge in [0.1, 0.15) is 5.01 Å². The fraction of sp³-hybridized carbons (Fsp3) is 0.200. The van der Waals surface area contributed by atoms with Gasteiger partial charge in [-0.1, -0.05) is 35.3 Å². The van der Waals surface area contributed by atoms with Crippen LogP contribution in [0.3, 0.4) is 0 Å². The summed E-state index contributed by atoms with van der Waals surface area (Å²) in [6, 6.07) is 13.2. The van der Waals surface area contributed by atoms with Gasteiger partial charge >= 0.3 is 0 Å². The zero-order chi connectivity index (χ0) is 21.9. The van der Waals surface area contributed by atoms with Gasteiger partial charge in [0.2, 0.25) is 15.9 Å². The molecule has 1 N–H and O–H groups in total. The van der Waals surface area contributed by atoms with Gasteiger partial charge in [0.25, 0.3) is 0 Å². The van der Waals surface area contributed by atoms with Crippen LogP contribution >= 0.6 is 34.5 Å². The molecule has 0 spiro atoms. The number of aromatic nitrogens is 1. The molecule has 158 valence electrons. The maximum Gasteiger partial charge on any atom is 0.243 e. The number of halogens is 2. The number of carbonyl (C=O) groups excluding carboxylic acids is 1. The molecule has 10 heteroatoms. The number of thiazole rings is 1. The number of amides is 1. The zero-order valence-corrected chi connectivity index (χ0v) is 19.4. The average molecular weight is 484 g/mol. The van der Waals surface area contributed by atoms with Gasteiger partial charge in [-0.15, -0.1) is 11.3 Å². The molecule has 0 fully saturated rings. The van der Waals surface area contributed by atoms with Gasteiger partial charge in [0.15, 0.2) is 0 Å². The lowest BCUT2D eigenvalue weighted by Gasteiger charge is -2.16. The highest BCUT2D eigenvalue weighted by Gasteiger charge is 2.23. The number of rotatable bonds is 7. The predicted octanol–water partition coefficient (Wildman–Crippen LogP) is 4.36. The van der Waals surface area contributed by atoms with Crippen LogP contribution in [0.25, 0.3) is 11.3 Å². The molecule has 30 heavy (non-hydrogen) atoms. The van der Waals surface area contributed by atoms with Crippen molar-refractivity contribution in [2.45, 2.75) is 18.4 Å². The van der Waals surface area contributed by atoms with Gasteiger partial charge in [0.05, 0.1) is 23.7 Å². The van der Waals surface area contributed by atoms with Crippen molar-refractivity contribution < 1.29 is 13.2 Å². The predicted molar refractivity (Wildman–Crippen MR) is 120 cm³/mol. The molecule has 0 saturated carbocycles. The molecule has 0 unspecified atom stereocenters. The molecular weight excluding hydrogens is 465 g/mol. The summed E-state index contributed by atoms with van der Waals surface area (Å²) in [5.74, 6) is -0.420. The fourth-order valence-corrected chi connectivity index (χ4v) is 4.98. The zero-order valence-electron chi connectivity index (χ0n) is 16.2. The molecule has 6 nitrogen and oxygen atoms in total. The smallest absolute Gasteiger partial charge is 0.243 e. The van der Waals surface area contributed by atoms with E-state index >= 15 is 0 Å². The monoisotopic (exact) mass is 483 g/mol. The van der Waals surface area contributed by atoms with Crippen molar-refractivity contribution in [1.29, 1.82) is 0 Å². The summed E-state index contributed by atoms with van der Waals surface area (Å²) in [5.41, 5.74) is 1.78. The number of sulfonamides is 1. The highest BCUT2D eigenvalue weighted by atomic mass is 35.5. The first kappa shape index (κ1) is 22.7. The molecule has 3 rings (SSSR count). The van der Waals surface area contributed by atoms with Gasteiger partial charge < -0.3 is 5.32 Å². The lowest BCUT2D eigenvalue weighted by atomic mass is 10.1. The first-order valence-electron chi connectivity index (χ1n) is 8.87. The lowest BCUT2D eigenvalue weighted by molar-refractivity contribution is -0.121. The van der Waals surface area contributed by atoms with E-state index in [0.717, 1.165) is 25.4 Å². The molecule has 2 aromatic carbocycles. The van der Waals surface area contributed by atoms with Crippen molar-refractivity contribution in [3.05, 3.63) is 68.5 Å². The average Bonchev–Trinajstić information content (AvgIpc) is 3.08. The van der Waals surface area contributed by atoms with Gasteiger partial charge in [-0.2, -0.15) is 4.31 Å². The largest absolute Gasteiger partial charge is 0.348 e. The van der Waals surface area contributed by atoms with Crippen molar-refractivity contribution in [3.63, 3.8) is 0 Å². The van der Waals surface area contributed by atoms with Crippen molar-refractivity contribution >= 4 is 50.5 Å². The van der Waals surface area contributed by atoms with Crippen LogP contribution in [0.1, 0.15) is 9.88 Å². The van der Waals surface area contributed by atoms with Crippen LogP contribution in [0.2, 0.25) is 10.0 Å². The number of hydrogen-bond donors (Lipinski definition) is 1. The topological polar surface area (TPSA) is 79.4 Å². The highest BCUT2D eigenvalue weighted by Crippen LogP contribution is 2.28. The van der Waals surface area contributed by atoms with Gasteiger partial charge in [-0.05, 0) is 43.3 Å². The Morgan fingerprint density at radius 1 is 1.07 bits per heavy atom. The van der Waals surface area contributed by atoms with Crippen LogP contribution in [0.4, 0.5) is 0 Å². The van der Waals surface area contributed by atoms with Gasteiger partial charge in [-0.3, -0.25) is 4.79 Å². The summed E-state index contributed by atoms with van der Waals surface area (Å²) < 4.78 is 26.1. The van der Waals surface area contributed by atoms with E-state index in [0.29, 0.717) is 10.0 Å². The molecule has 0 aliphatic carbocycles. The molecular formula is C20H19Cl2N3O3S2. The summed E-state index contributed by atoms with van der Waals surface area (Å²) in [7, 11) is -2.43. The van der Waals surface area contributed by atoms with Crippen molar-refractivity contribution in [1.82, 2.24) is 14.6 Å². The Labute approximate surface area is 189 Å². The molecule has 0 aliphatic rings. The normalized spacial score (nSPS) is 11.6.